The number of rotatable bonds is 8. The minimum Gasteiger partial charge on any atom is -0.396 e. The third-order valence-electron chi connectivity index (χ3n) is 5.83. The van der Waals surface area contributed by atoms with Gasteiger partial charge in [-0.1, -0.05) is 61.5 Å². The van der Waals surface area contributed by atoms with Gasteiger partial charge in [0.25, 0.3) is 5.56 Å². The Labute approximate surface area is 186 Å². The topological polar surface area (TPSA) is 82.1 Å². The summed E-state index contributed by atoms with van der Waals surface area (Å²) < 4.78 is 4.55. The van der Waals surface area contributed by atoms with Gasteiger partial charge in [-0.3, -0.25) is 13.9 Å². The molecule has 32 heavy (non-hydrogen) atoms. The molecule has 166 valence electrons. The fourth-order valence-corrected chi connectivity index (χ4v) is 3.99. The number of aliphatic hydroxyl groups is 1. The highest BCUT2D eigenvalue weighted by atomic mass is 16.3. The smallest absolute Gasteiger partial charge is 0.332 e. The Morgan fingerprint density at radius 2 is 1.59 bits per heavy atom. The summed E-state index contributed by atoms with van der Waals surface area (Å²) in [5.74, 6) is 0.736. The molecule has 1 N–H and O–H groups in total. The van der Waals surface area contributed by atoms with E-state index in [1.165, 1.54) is 14.7 Å². The first-order valence-electron chi connectivity index (χ1n) is 10.9. The van der Waals surface area contributed by atoms with E-state index in [9.17, 15) is 14.7 Å². The van der Waals surface area contributed by atoms with Crippen LogP contribution >= 0.6 is 0 Å². The maximum atomic E-state index is 13.4. The molecule has 2 heterocycles. The summed E-state index contributed by atoms with van der Waals surface area (Å²) in [6.07, 6.45) is 1.86. The van der Waals surface area contributed by atoms with Crippen LogP contribution in [0.2, 0.25) is 0 Å². The number of aliphatic hydroxyl groups excluding tert-OH is 1. The van der Waals surface area contributed by atoms with Crippen LogP contribution in [0.1, 0.15) is 35.9 Å². The number of aromatic nitrogens is 4. The molecule has 0 bridgehead atoms. The zero-order chi connectivity index (χ0) is 22.7. The largest absolute Gasteiger partial charge is 0.396 e. The van der Waals surface area contributed by atoms with Crippen molar-refractivity contribution in [3.63, 3.8) is 0 Å². The Kier molecular flexibility index (Phi) is 6.37. The second-order valence-electron chi connectivity index (χ2n) is 7.99. The van der Waals surface area contributed by atoms with Gasteiger partial charge in [0.1, 0.15) is 5.82 Å². The first-order valence-corrected chi connectivity index (χ1v) is 10.9. The van der Waals surface area contributed by atoms with Crippen LogP contribution in [-0.4, -0.2) is 30.4 Å². The molecule has 2 aromatic carbocycles. The average molecular weight is 433 g/mol. The van der Waals surface area contributed by atoms with E-state index in [2.05, 4.69) is 31.2 Å². The van der Waals surface area contributed by atoms with Crippen LogP contribution in [0.25, 0.3) is 11.2 Å². The lowest BCUT2D eigenvalue weighted by Gasteiger charge is -2.11. The highest BCUT2D eigenvalue weighted by Crippen LogP contribution is 2.18. The van der Waals surface area contributed by atoms with Gasteiger partial charge in [-0.2, -0.15) is 0 Å². The molecule has 0 saturated carbocycles. The molecule has 4 aromatic rings. The van der Waals surface area contributed by atoms with Gasteiger partial charge in [-0.25, -0.2) is 9.78 Å². The van der Waals surface area contributed by atoms with Crippen LogP contribution in [0.4, 0.5) is 0 Å². The van der Waals surface area contributed by atoms with Crippen molar-refractivity contribution in [2.45, 2.75) is 39.3 Å². The van der Waals surface area contributed by atoms with Crippen LogP contribution in [-0.2, 0) is 33.0 Å². The third-order valence-corrected chi connectivity index (χ3v) is 5.83. The predicted octanol–water partition coefficient (Wildman–Crippen LogP) is 2.48. The molecular weight excluding hydrogens is 404 g/mol. The Morgan fingerprint density at radius 1 is 0.906 bits per heavy atom. The molecule has 0 amide bonds. The molecule has 4 rings (SSSR count). The number of nitrogens with zero attached hydrogens (tertiary/aromatic N) is 4. The summed E-state index contributed by atoms with van der Waals surface area (Å²) in [6, 6.07) is 18.3. The van der Waals surface area contributed by atoms with E-state index in [1.54, 1.807) is 7.05 Å². The van der Waals surface area contributed by atoms with Gasteiger partial charge in [-0.15, -0.1) is 0 Å². The van der Waals surface area contributed by atoms with Crippen molar-refractivity contribution in [2.24, 2.45) is 7.05 Å². The summed E-state index contributed by atoms with van der Waals surface area (Å²) in [7, 11) is 1.64. The summed E-state index contributed by atoms with van der Waals surface area (Å²) in [4.78, 5) is 30.9. The number of hydrogen-bond donors (Lipinski definition) is 1. The highest BCUT2D eigenvalue weighted by molar-refractivity contribution is 5.71. The molecule has 0 fully saturated rings. The normalized spacial score (nSPS) is 11.3. The van der Waals surface area contributed by atoms with Gasteiger partial charge in [0, 0.05) is 33.2 Å². The Hall–Kier alpha value is -3.45. The van der Waals surface area contributed by atoms with Crippen molar-refractivity contribution in [1.29, 1.82) is 0 Å². The molecule has 0 unspecified atom stereocenters. The van der Waals surface area contributed by atoms with E-state index >= 15 is 0 Å². The Morgan fingerprint density at radius 3 is 2.25 bits per heavy atom. The predicted molar refractivity (Wildman–Crippen MR) is 125 cm³/mol. The van der Waals surface area contributed by atoms with Gasteiger partial charge in [0.05, 0.1) is 0 Å². The maximum absolute atomic E-state index is 13.4. The zero-order valence-corrected chi connectivity index (χ0v) is 18.5. The van der Waals surface area contributed by atoms with E-state index in [-0.39, 0.29) is 18.7 Å². The first kappa shape index (κ1) is 21.8. The molecule has 0 radical (unpaired) electrons. The molecule has 7 nitrogen and oxygen atoms in total. The molecule has 0 atom stereocenters. The lowest BCUT2D eigenvalue weighted by molar-refractivity contribution is 0.277. The molecule has 0 aliphatic heterocycles. The second kappa shape index (κ2) is 9.36. The van der Waals surface area contributed by atoms with Gasteiger partial charge >= 0.3 is 5.69 Å². The number of imidazole rings is 1. The lowest BCUT2D eigenvalue weighted by Crippen LogP contribution is -2.40. The quantitative estimate of drug-likeness (QED) is 0.464. The van der Waals surface area contributed by atoms with Gasteiger partial charge in [-0.05, 0) is 29.5 Å². The van der Waals surface area contributed by atoms with Crippen molar-refractivity contribution in [1.82, 2.24) is 18.7 Å². The molecule has 0 aliphatic carbocycles. The number of benzene rings is 2. The monoisotopic (exact) mass is 432 g/mol. The van der Waals surface area contributed by atoms with Crippen molar-refractivity contribution < 1.29 is 5.11 Å². The van der Waals surface area contributed by atoms with E-state index in [4.69, 9.17) is 4.98 Å². The molecule has 2 aromatic heterocycles. The molecule has 7 heteroatoms. The van der Waals surface area contributed by atoms with E-state index in [0.717, 1.165) is 23.4 Å². The maximum Gasteiger partial charge on any atom is 0.332 e. The van der Waals surface area contributed by atoms with Crippen LogP contribution in [0.15, 0.2) is 64.2 Å². The molecule has 0 spiro atoms. The van der Waals surface area contributed by atoms with Crippen LogP contribution < -0.4 is 11.2 Å². The number of aryl methyl sites for hydroxylation is 2. The Bertz CT molecular complexity index is 1330. The van der Waals surface area contributed by atoms with Crippen LogP contribution in [0, 0.1) is 0 Å². The van der Waals surface area contributed by atoms with Crippen molar-refractivity contribution in [3.8, 4) is 0 Å². The average Bonchev–Trinajstić information content (AvgIpc) is 3.17. The summed E-state index contributed by atoms with van der Waals surface area (Å²) >= 11 is 0. The molecular formula is C25H28N4O3. The van der Waals surface area contributed by atoms with Crippen LogP contribution in [0.3, 0.4) is 0 Å². The SMILES string of the molecule is CCc1ccc(Cc2nc3c(c(=O)n(CCCO)c(=O)n3C)n2Cc2ccccc2)cc1. The fraction of sp³-hybridized carbons (Fsp3) is 0.320. The molecule has 0 aliphatic rings. The number of hydrogen-bond acceptors (Lipinski definition) is 4. The minimum atomic E-state index is -0.417. The second-order valence-corrected chi connectivity index (χ2v) is 7.99. The highest BCUT2D eigenvalue weighted by Gasteiger charge is 2.20. The van der Waals surface area contributed by atoms with E-state index in [1.807, 2.05) is 34.9 Å². The van der Waals surface area contributed by atoms with E-state index in [0.29, 0.717) is 30.6 Å². The van der Waals surface area contributed by atoms with Crippen LogP contribution in [0.5, 0.6) is 0 Å². The van der Waals surface area contributed by atoms with Crippen molar-refractivity contribution in [3.05, 3.63) is 98.0 Å². The van der Waals surface area contributed by atoms with Crippen molar-refractivity contribution in [2.75, 3.05) is 6.61 Å². The standard InChI is InChI=1S/C25H28N4O3/c1-3-18-10-12-19(13-11-18)16-21-26-23-22(29(21)17-20-8-5-4-6-9-20)24(31)28(14-7-15-30)25(32)27(23)2/h4-6,8-13,30H,3,7,14-17H2,1-2H3. The van der Waals surface area contributed by atoms with E-state index < -0.39 is 5.69 Å². The Balaban J connectivity index is 1.90. The first-order chi connectivity index (χ1) is 15.5. The summed E-state index contributed by atoms with van der Waals surface area (Å²) in [6.45, 7) is 2.68. The summed E-state index contributed by atoms with van der Waals surface area (Å²) in [5, 5.41) is 9.21. The fourth-order valence-electron chi connectivity index (χ4n) is 3.99. The lowest BCUT2D eigenvalue weighted by atomic mass is 10.1. The minimum absolute atomic E-state index is 0.0874. The van der Waals surface area contributed by atoms with Gasteiger partial charge in [0.15, 0.2) is 11.2 Å². The van der Waals surface area contributed by atoms with Gasteiger partial charge in [0.2, 0.25) is 0 Å². The zero-order valence-electron chi connectivity index (χ0n) is 18.5. The van der Waals surface area contributed by atoms with Crippen molar-refractivity contribution >= 4 is 11.2 Å². The third kappa shape index (κ3) is 4.16. The molecule has 0 saturated heterocycles. The van der Waals surface area contributed by atoms with Gasteiger partial charge < -0.3 is 9.67 Å². The summed E-state index contributed by atoms with van der Waals surface area (Å²) in [5.41, 5.74) is 3.42. The number of fused-ring (bicyclic) bond motifs is 1.